The maximum absolute atomic E-state index is 12.4. The fourth-order valence-electron chi connectivity index (χ4n) is 1.67. The standard InChI is InChI=1S/C13H17F3N2O/c1-8-5-10(7-17-11-3-4-11)6-12(18-8)19-9(2)13(14,15)16/h5-6,9,11,17H,3-4,7H2,1-2H3. The molecule has 19 heavy (non-hydrogen) atoms. The highest BCUT2D eigenvalue weighted by Gasteiger charge is 2.38. The molecule has 1 atom stereocenters. The molecule has 0 saturated heterocycles. The van der Waals surface area contributed by atoms with Crippen molar-refractivity contribution < 1.29 is 17.9 Å². The highest BCUT2D eigenvalue weighted by atomic mass is 19.4. The predicted molar refractivity (Wildman–Crippen MR) is 65.0 cm³/mol. The molecule has 1 aromatic rings. The second-order valence-corrected chi connectivity index (χ2v) is 4.91. The molecule has 2 rings (SSSR count). The number of rotatable bonds is 5. The molecule has 106 valence electrons. The van der Waals surface area contributed by atoms with Crippen LogP contribution in [0.25, 0.3) is 0 Å². The molecule has 1 N–H and O–H groups in total. The Morgan fingerprint density at radius 1 is 1.42 bits per heavy atom. The number of halogens is 3. The molecule has 0 aromatic carbocycles. The fraction of sp³-hybridized carbons (Fsp3) is 0.615. The van der Waals surface area contributed by atoms with Crippen LogP contribution in [0.5, 0.6) is 5.88 Å². The van der Waals surface area contributed by atoms with Crippen molar-refractivity contribution in [2.45, 2.75) is 51.6 Å². The van der Waals surface area contributed by atoms with Gasteiger partial charge in [0.1, 0.15) is 0 Å². The normalized spacial score (nSPS) is 17.3. The average Bonchev–Trinajstić information content (AvgIpc) is 3.08. The number of aryl methyl sites for hydroxylation is 1. The van der Waals surface area contributed by atoms with Gasteiger partial charge in [-0.05, 0) is 38.3 Å². The Morgan fingerprint density at radius 2 is 2.11 bits per heavy atom. The predicted octanol–water partition coefficient (Wildman–Crippen LogP) is 2.97. The zero-order chi connectivity index (χ0) is 14.0. The summed E-state index contributed by atoms with van der Waals surface area (Å²) in [5.74, 6) is 0.0254. The summed E-state index contributed by atoms with van der Waals surface area (Å²) in [6.45, 7) is 3.35. The van der Waals surface area contributed by atoms with Crippen LogP contribution in [0.4, 0.5) is 13.2 Å². The van der Waals surface area contributed by atoms with Gasteiger partial charge in [-0.1, -0.05) is 0 Å². The maximum atomic E-state index is 12.4. The van der Waals surface area contributed by atoms with E-state index in [9.17, 15) is 13.2 Å². The van der Waals surface area contributed by atoms with Crippen LogP contribution in [0.1, 0.15) is 31.0 Å². The van der Waals surface area contributed by atoms with Crippen LogP contribution in [0.3, 0.4) is 0 Å². The summed E-state index contributed by atoms with van der Waals surface area (Å²) >= 11 is 0. The van der Waals surface area contributed by atoms with Crippen molar-refractivity contribution >= 4 is 0 Å². The Hall–Kier alpha value is -1.30. The van der Waals surface area contributed by atoms with E-state index in [4.69, 9.17) is 4.74 Å². The Balaban J connectivity index is 2.02. The van der Waals surface area contributed by atoms with Crippen LogP contribution in [0.2, 0.25) is 0 Å². The van der Waals surface area contributed by atoms with E-state index in [2.05, 4.69) is 10.3 Å². The molecule has 1 saturated carbocycles. The van der Waals surface area contributed by atoms with Crippen molar-refractivity contribution in [1.29, 1.82) is 0 Å². The van der Waals surface area contributed by atoms with Crippen LogP contribution in [0.15, 0.2) is 12.1 Å². The fourth-order valence-corrected chi connectivity index (χ4v) is 1.67. The van der Waals surface area contributed by atoms with Crippen LogP contribution in [-0.4, -0.2) is 23.3 Å². The first-order valence-electron chi connectivity index (χ1n) is 6.29. The lowest BCUT2D eigenvalue weighted by Gasteiger charge is -2.17. The summed E-state index contributed by atoms with van der Waals surface area (Å²) in [6.07, 6.45) is -3.90. The van der Waals surface area contributed by atoms with E-state index < -0.39 is 12.3 Å². The van der Waals surface area contributed by atoms with Gasteiger partial charge < -0.3 is 10.1 Å². The van der Waals surface area contributed by atoms with E-state index in [1.807, 2.05) is 6.07 Å². The van der Waals surface area contributed by atoms with Gasteiger partial charge in [0, 0.05) is 24.3 Å². The minimum Gasteiger partial charge on any atom is -0.465 e. The topological polar surface area (TPSA) is 34.1 Å². The molecule has 0 amide bonds. The molecule has 3 nitrogen and oxygen atoms in total. The molecule has 1 aliphatic carbocycles. The van der Waals surface area contributed by atoms with E-state index in [1.54, 1.807) is 13.0 Å². The summed E-state index contributed by atoms with van der Waals surface area (Å²) in [4.78, 5) is 3.98. The smallest absolute Gasteiger partial charge is 0.425 e. The largest absolute Gasteiger partial charge is 0.465 e. The number of nitrogens with zero attached hydrogens (tertiary/aromatic N) is 1. The van der Waals surface area contributed by atoms with Gasteiger partial charge in [0.15, 0.2) is 6.10 Å². The molecule has 1 unspecified atom stereocenters. The summed E-state index contributed by atoms with van der Waals surface area (Å²) in [5.41, 5.74) is 1.54. The SMILES string of the molecule is Cc1cc(CNC2CC2)cc(OC(C)C(F)(F)F)n1. The summed E-state index contributed by atoms with van der Waals surface area (Å²) < 4.78 is 42.2. The van der Waals surface area contributed by atoms with Crippen molar-refractivity contribution in [2.24, 2.45) is 0 Å². The molecule has 1 aromatic heterocycles. The maximum Gasteiger partial charge on any atom is 0.425 e. The first-order valence-corrected chi connectivity index (χ1v) is 6.29. The van der Waals surface area contributed by atoms with Gasteiger partial charge in [0.05, 0.1) is 0 Å². The molecule has 1 heterocycles. The van der Waals surface area contributed by atoms with Gasteiger partial charge in [-0.2, -0.15) is 13.2 Å². The van der Waals surface area contributed by atoms with Crippen LogP contribution >= 0.6 is 0 Å². The van der Waals surface area contributed by atoms with Crippen LogP contribution < -0.4 is 10.1 Å². The van der Waals surface area contributed by atoms with E-state index >= 15 is 0 Å². The lowest BCUT2D eigenvalue weighted by atomic mass is 10.2. The number of hydrogen-bond acceptors (Lipinski definition) is 3. The molecule has 6 heteroatoms. The van der Waals surface area contributed by atoms with Crippen molar-refractivity contribution in [1.82, 2.24) is 10.3 Å². The zero-order valence-corrected chi connectivity index (χ0v) is 10.9. The van der Waals surface area contributed by atoms with Crippen LogP contribution in [-0.2, 0) is 6.54 Å². The molecular weight excluding hydrogens is 257 g/mol. The molecule has 1 fully saturated rings. The average molecular weight is 274 g/mol. The quantitative estimate of drug-likeness (QED) is 0.896. The van der Waals surface area contributed by atoms with E-state index in [0.29, 0.717) is 18.3 Å². The lowest BCUT2D eigenvalue weighted by molar-refractivity contribution is -0.190. The number of pyridine rings is 1. The van der Waals surface area contributed by atoms with E-state index in [1.165, 1.54) is 12.8 Å². The van der Waals surface area contributed by atoms with Gasteiger partial charge >= 0.3 is 6.18 Å². The third-order valence-corrected chi connectivity index (χ3v) is 2.92. The highest BCUT2D eigenvalue weighted by Crippen LogP contribution is 2.25. The van der Waals surface area contributed by atoms with Crippen molar-refractivity contribution in [3.63, 3.8) is 0 Å². The van der Waals surface area contributed by atoms with Crippen molar-refractivity contribution in [3.05, 3.63) is 23.4 Å². The van der Waals surface area contributed by atoms with Crippen LogP contribution in [0, 0.1) is 6.92 Å². The lowest BCUT2D eigenvalue weighted by Crippen LogP contribution is -2.31. The molecule has 1 aliphatic rings. The summed E-state index contributed by atoms with van der Waals surface area (Å²) in [6, 6.07) is 3.96. The van der Waals surface area contributed by atoms with Gasteiger partial charge in [-0.3, -0.25) is 0 Å². The third kappa shape index (κ3) is 4.38. The van der Waals surface area contributed by atoms with E-state index in [0.717, 1.165) is 12.5 Å². The Labute approximate surface area is 110 Å². The number of hydrogen-bond donors (Lipinski definition) is 1. The molecule has 0 aliphatic heterocycles. The third-order valence-electron chi connectivity index (χ3n) is 2.92. The molecule has 0 bridgehead atoms. The summed E-state index contributed by atoms with van der Waals surface area (Å²) in [5, 5.41) is 3.31. The second-order valence-electron chi connectivity index (χ2n) is 4.91. The van der Waals surface area contributed by atoms with Crippen molar-refractivity contribution in [2.75, 3.05) is 0 Å². The van der Waals surface area contributed by atoms with Gasteiger partial charge in [0.2, 0.25) is 5.88 Å². The number of ether oxygens (including phenoxy) is 1. The van der Waals surface area contributed by atoms with Crippen molar-refractivity contribution in [3.8, 4) is 5.88 Å². The van der Waals surface area contributed by atoms with Gasteiger partial charge in [0.25, 0.3) is 0 Å². The zero-order valence-electron chi connectivity index (χ0n) is 10.9. The number of nitrogens with one attached hydrogen (secondary N) is 1. The number of aromatic nitrogens is 1. The second kappa shape index (κ2) is 5.36. The Bertz CT molecular complexity index is 444. The minimum atomic E-state index is -4.38. The Morgan fingerprint density at radius 3 is 2.68 bits per heavy atom. The van der Waals surface area contributed by atoms with Gasteiger partial charge in [-0.25, -0.2) is 4.98 Å². The first-order chi connectivity index (χ1) is 8.84. The summed E-state index contributed by atoms with van der Waals surface area (Å²) in [7, 11) is 0. The molecule has 0 radical (unpaired) electrons. The number of alkyl halides is 3. The first kappa shape index (κ1) is 14.1. The highest BCUT2D eigenvalue weighted by molar-refractivity contribution is 5.25. The van der Waals surface area contributed by atoms with Gasteiger partial charge in [-0.15, -0.1) is 0 Å². The monoisotopic (exact) mass is 274 g/mol. The van der Waals surface area contributed by atoms with E-state index in [-0.39, 0.29) is 5.88 Å². The molecule has 0 spiro atoms. The Kier molecular flexibility index (Phi) is 3.99. The minimum absolute atomic E-state index is 0.0254. The molecular formula is C13H17F3N2O.